The maximum Gasteiger partial charge on any atom is 0.329 e. The molecule has 0 saturated heterocycles. The number of aromatic nitrogens is 2. The zero-order chi connectivity index (χ0) is 22.1. The standard InChI is InChI=1S/C23H26N2.C3H6O3/c1-18-22(20-13-7-3-8-14-20)23(21-15-9-4-10-16-21)24-25(18)17-19-11-5-2-6-12-19;1-6-2-3(4)5/h3-4,7-10,13-16,19H,2,5-6,11-12,17H2,1H3;2H2,1H3,(H,4,5). The van der Waals surface area contributed by atoms with Crippen LogP contribution in [0.15, 0.2) is 60.7 Å². The fraction of sp³-hybridized carbons (Fsp3) is 0.385. The number of rotatable bonds is 6. The van der Waals surface area contributed by atoms with Crippen LogP contribution < -0.4 is 0 Å². The zero-order valence-electron chi connectivity index (χ0n) is 18.5. The molecule has 0 unspecified atom stereocenters. The maximum atomic E-state index is 9.47. The van der Waals surface area contributed by atoms with Crippen molar-refractivity contribution in [1.29, 1.82) is 0 Å². The number of benzene rings is 2. The first-order valence-electron chi connectivity index (χ1n) is 11.0. The third kappa shape index (κ3) is 6.28. The molecule has 1 heterocycles. The summed E-state index contributed by atoms with van der Waals surface area (Å²) in [4.78, 5) is 9.47. The van der Waals surface area contributed by atoms with Gasteiger partial charge in [-0.05, 0) is 31.2 Å². The Labute approximate surface area is 184 Å². The van der Waals surface area contributed by atoms with Crippen molar-refractivity contribution >= 4 is 5.97 Å². The number of aliphatic carboxylic acids is 1. The summed E-state index contributed by atoms with van der Waals surface area (Å²) >= 11 is 0. The number of ether oxygens (including phenoxy) is 1. The molecule has 0 atom stereocenters. The Morgan fingerprint density at radius 2 is 1.58 bits per heavy atom. The van der Waals surface area contributed by atoms with E-state index in [-0.39, 0.29) is 6.61 Å². The van der Waals surface area contributed by atoms with Crippen LogP contribution in [-0.4, -0.2) is 34.6 Å². The van der Waals surface area contributed by atoms with Crippen molar-refractivity contribution in [3.8, 4) is 22.4 Å². The molecule has 0 radical (unpaired) electrons. The van der Waals surface area contributed by atoms with Crippen molar-refractivity contribution in [1.82, 2.24) is 9.78 Å². The van der Waals surface area contributed by atoms with Crippen molar-refractivity contribution < 1.29 is 14.6 Å². The summed E-state index contributed by atoms with van der Waals surface area (Å²) < 4.78 is 6.47. The summed E-state index contributed by atoms with van der Waals surface area (Å²) in [5.74, 6) is -0.155. The average Bonchev–Trinajstić information content (AvgIpc) is 3.12. The molecule has 1 aliphatic rings. The van der Waals surface area contributed by atoms with Gasteiger partial charge in [-0.1, -0.05) is 79.9 Å². The van der Waals surface area contributed by atoms with Gasteiger partial charge in [-0.25, -0.2) is 4.79 Å². The van der Waals surface area contributed by atoms with Crippen LogP contribution in [0.3, 0.4) is 0 Å². The first kappa shape index (κ1) is 22.8. The SMILES string of the molecule is COCC(=O)O.Cc1c(-c2ccccc2)c(-c2ccccc2)nn1CC1CCCCC1. The lowest BCUT2D eigenvalue weighted by atomic mass is 9.89. The second-order valence-electron chi connectivity index (χ2n) is 8.05. The van der Waals surface area contributed by atoms with Gasteiger partial charge in [-0.15, -0.1) is 0 Å². The molecule has 0 spiro atoms. The number of carboxylic acid groups (broad SMARTS) is 1. The van der Waals surface area contributed by atoms with Crippen molar-refractivity contribution in [3.63, 3.8) is 0 Å². The molecule has 31 heavy (non-hydrogen) atoms. The van der Waals surface area contributed by atoms with Gasteiger partial charge in [0.15, 0.2) is 0 Å². The molecule has 1 fully saturated rings. The van der Waals surface area contributed by atoms with E-state index < -0.39 is 5.97 Å². The van der Waals surface area contributed by atoms with Gasteiger partial charge in [0.1, 0.15) is 12.3 Å². The fourth-order valence-electron chi connectivity index (χ4n) is 4.21. The topological polar surface area (TPSA) is 64.3 Å². The lowest BCUT2D eigenvalue weighted by Crippen LogP contribution is -2.16. The lowest BCUT2D eigenvalue weighted by Gasteiger charge is -2.22. The van der Waals surface area contributed by atoms with Crippen molar-refractivity contribution in [2.24, 2.45) is 5.92 Å². The number of hydrogen-bond donors (Lipinski definition) is 1. The molecule has 1 aromatic heterocycles. The van der Waals surface area contributed by atoms with Gasteiger partial charge >= 0.3 is 5.97 Å². The van der Waals surface area contributed by atoms with E-state index in [2.05, 4.69) is 77.0 Å². The van der Waals surface area contributed by atoms with E-state index in [0.29, 0.717) is 0 Å². The summed E-state index contributed by atoms with van der Waals surface area (Å²) in [6.45, 7) is 3.07. The molecule has 1 N–H and O–H groups in total. The second kappa shape index (κ2) is 11.5. The molecule has 0 bridgehead atoms. The zero-order valence-corrected chi connectivity index (χ0v) is 18.5. The predicted octanol–water partition coefficient (Wildman–Crippen LogP) is 5.82. The van der Waals surface area contributed by atoms with E-state index in [1.165, 1.54) is 61.6 Å². The Balaban J connectivity index is 0.000000401. The molecule has 3 aromatic rings. The minimum absolute atomic E-state index is 0.208. The van der Waals surface area contributed by atoms with Gasteiger partial charge in [0.05, 0.1) is 0 Å². The largest absolute Gasteiger partial charge is 0.480 e. The van der Waals surface area contributed by atoms with E-state index in [4.69, 9.17) is 10.2 Å². The van der Waals surface area contributed by atoms with Crippen LogP contribution in [0.1, 0.15) is 37.8 Å². The highest BCUT2D eigenvalue weighted by atomic mass is 16.5. The van der Waals surface area contributed by atoms with Gasteiger partial charge in [0.2, 0.25) is 0 Å². The van der Waals surface area contributed by atoms with Crippen molar-refractivity contribution in [2.75, 3.05) is 13.7 Å². The second-order valence-corrected chi connectivity index (χ2v) is 8.05. The molecule has 0 aliphatic heterocycles. The molecular formula is C26H32N2O3. The molecule has 0 amide bonds. The summed E-state index contributed by atoms with van der Waals surface area (Å²) in [6.07, 6.45) is 6.85. The van der Waals surface area contributed by atoms with E-state index in [0.717, 1.165) is 18.2 Å². The molecule has 1 saturated carbocycles. The van der Waals surface area contributed by atoms with E-state index in [1.54, 1.807) is 0 Å². The monoisotopic (exact) mass is 420 g/mol. The first-order valence-corrected chi connectivity index (χ1v) is 11.0. The summed E-state index contributed by atoms with van der Waals surface area (Å²) in [6, 6.07) is 21.3. The fourth-order valence-corrected chi connectivity index (χ4v) is 4.21. The maximum absolute atomic E-state index is 9.47. The average molecular weight is 421 g/mol. The summed E-state index contributed by atoms with van der Waals surface area (Å²) in [7, 11) is 1.34. The van der Waals surface area contributed by atoms with Gasteiger partial charge in [0, 0.05) is 30.5 Å². The van der Waals surface area contributed by atoms with Gasteiger partial charge in [-0.3, -0.25) is 4.68 Å². The van der Waals surface area contributed by atoms with Gasteiger partial charge in [0.25, 0.3) is 0 Å². The van der Waals surface area contributed by atoms with Crippen LogP contribution in [0, 0.1) is 12.8 Å². The Morgan fingerprint density at radius 3 is 2.10 bits per heavy atom. The molecule has 2 aromatic carbocycles. The Hall–Kier alpha value is -2.92. The molecule has 1 aliphatic carbocycles. The van der Waals surface area contributed by atoms with Crippen LogP contribution >= 0.6 is 0 Å². The number of carbonyl (C=O) groups is 1. The highest BCUT2D eigenvalue weighted by Crippen LogP contribution is 2.35. The number of hydrogen-bond acceptors (Lipinski definition) is 3. The van der Waals surface area contributed by atoms with Crippen molar-refractivity contribution in [2.45, 2.75) is 45.6 Å². The number of carboxylic acids is 1. The van der Waals surface area contributed by atoms with Crippen LogP contribution in [0.5, 0.6) is 0 Å². The highest BCUT2D eigenvalue weighted by molar-refractivity contribution is 5.82. The lowest BCUT2D eigenvalue weighted by molar-refractivity contribution is -0.141. The van der Waals surface area contributed by atoms with Crippen LogP contribution in [0.4, 0.5) is 0 Å². The number of methoxy groups -OCH3 is 1. The minimum Gasteiger partial charge on any atom is -0.480 e. The molecule has 5 nitrogen and oxygen atoms in total. The minimum atomic E-state index is -0.933. The smallest absolute Gasteiger partial charge is 0.329 e. The van der Waals surface area contributed by atoms with E-state index >= 15 is 0 Å². The van der Waals surface area contributed by atoms with E-state index in [9.17, 15) is 4.79 Å². The Kier molecular flexibility index (Phi) is 8.42. The molecule has 4 rings (SSSR count). The quantitative estimate of drug-likeness (QED) is 0.545. The van der Waals surface area contributed by atoms with Crippen LogP contribution in [0.25, 0.3) is 22.4 Å². The third-order valence-corrected chi connectivity index (χ3v) is 5.74. The van der Waals surface area contributed by atoms with Crippen LogP contribution in [0.2, 0.25) is 0 Å². The summed E-state index contributed by atoms with van der Waals surface area (Å²) in [5.41, 5.74) is 6.14. The third-order valence-electron chi connectivity index (χ3n) is 5.74. The van der Waals surface area contributed by atoms with Gasteiger partial charge < -0.3 is 9.84 Å². The van der Waals surface area contributed by atoms with E-state index in [1.807, 2.05) is 0 Å². The molecule has 164 valence electrons. The number of nitrogens with zero attached hydrogens (tertiary/aromatic N) is 2. The normalized spacial score (nSPS) is 14.0. The predicted molar refractivity (Wildman–Crippen MR) is 124 cm³/mol. The summed E-state index contributed by atoms with van der Waals surface area (Å²) in [5, 5.41) is 12.9. The van der Waals surface area contributed by atoms with Gasteiger partial charge in [-0.2, -0.15) is 5.10 Å². The molecular weight excluding hydrogens is 388 g/mol. The van der Waals surface area contributed by atoms with Crippen molar-refractivity contribution in [3.05, 3.63) is 66.4 Å². The first-order chi connectivity index (χ1) is 15.1. The Morgan fingerprint density at radius 1 is 1.00 bits per heavy atom. The van der Waals surface area contributed by atoms with Crippen LogP contribution in [-0.2, 0) is 16.1 Å². The molecule has 5 heteroatoms. The highest BCUT2D eigenvalue weighted by Gasteiger charge is 2.21. The Bertz CT molecular complexity index is 946.